The molecule has 0 radical (unpaired) electrons. The highest BCUT2D eigenvalue weighted by Gasteiger charge is 2.14. The van der Waals surface area contributed by atoms with Crippen molar-refractivity contribution < 1.29 is 9.90 Å². The molecular formula is C10H14N6O2. The summed E-state index contributed by atoms with van der Waals surface area (Å²) in [4.78, 5) is 14.8. The minimum absolute atomic E-state index is 0.163. The van der Waals surface area contributed by atoms with Crippen molar-refractivity contribution in [3.05, 3.63) is 30.1 Å². The average Bonchev–Trinajstić information content (AvgIpc) is 2.90. The van der Waals surface area contributed by atoms with Crippen LogP contribution >= 0.6 is 0 Å². The van der Waals surface area contributed by atoms with Crippen LogP contribution in [0.5, 0.6) is 0 Å². The Labute approximate surface area is 103 Å². The molecule has 0 aliphatic heterocycles. The normalized spacial score (nSPS) is 12.6. The number of nitrogens with two attached hydrogens (primary N) is 1. The van der Waals surface area contributed by atoms with Crippen LogP contribution in [0.15, 0.2) is 18.6 Å². The van der Waals surface area contributed by atoms with E-state index in [-0.39, 0.29) is 6.42 Å². The molecule has 2 rings (SSSR count). The fourth-order valence-electron chi connectivity index (χ4n) is 1.52. The van der Waals surface area contributed by atoms with E-state index in [0.29, 0.717) is 12.2 Å². The summed E-state index contributed by atoms with van der Waals surface area (Å²) in [5.41, 5.74) is 5.98. The van der Waals surface area contributed by atoms with Gasteiger partial charge in [-0.05, 0) is 0 Å². The Kier molecular flexibility index (Phi) is 3.38. The highest BCUT2D eigenvalue weighted by Crippen LogP contribution is 2.01. The number of carboxylic acids is 1. The molecule has 0 fully saturated rings. The van der Waals surface area contributed by atoms with Gasteiger partial charge in [-0.2, -0.15) is 0 Å². The number of carboxylic acid groups (broad SMARTS) is 1. The van der Waals surface area contributed by atoms with Crippen molar-refractivity contribution in [3.8, 4) is 0 Å². The maximum atomic E-state index is 10.6. The van der Waals surface area contributed by atoms with Gasteiger partial charge in [0.05, 0.1) is 5.69 Å². The lowest BCUT2D eigenvalue weighted by Gasteiger charge is -2.02. The third kappa shape index (κ3) is 2.72. The molecule has 0 amide bonds. The van der Waals surface area contributed by atoms with Crippen LogP contribution in [0.1, 0.15) is 11.5 Å². The van der Waals surface area contributed by atoms with Crippen LogP contribution in [-0.4, -0.2) is 41.7 Å². The van der Waals surface area contributed by atoms with E-state index >= 15 is 0 Å². The lowest BCUT2D eigenvalue weighted by molar-refractivity contribution is -0.138. The average molecular weight is 250 g/mol. The summed E-state index contributed by atoms with van der Waals surface area (Å²) in [6, 6.07) is -0.955. The minimum atomic E-state index is -1.05. The van der Waals surface area contributed by atoms with E-state index in [1.54, 1.807) is 17.1 Å². The maximum Gasteiger partial charge on any atom is 0.320 e. The molecule has 0 aromatic carbocycles. The summed E-state index contributed by atoms with van der Waals surface area (Å²) in [5, 5.41) is 16.5. The molecule has 1 unspecified atom stereocenters. The molecule has 2 heterocycles. The van der Waals surface area contributed by atoms with E-state index in [1.165, 1.54) is 0 Å². The fourth-order valence-corrected chi connectivity index (χ4v) is 1.52. The predicted octanol–water partition coefficient (Wildman–Crippen LogP) is -0.986. The van der Waals surface area contributed by atoms with Crippen LogP contribution in [0.4, 0.5) is 0 Å². The number of carbonyl (C=O) groups is 1. The quantitative estimate of drug-likeness (QED) is 0.705. The number of imidazole rings is 1. The number of rotatable bonds is 5. The third-order valence-corrected chi connectivity index (χ3v) is 2.56. The highest BCUT2D eigenvalue weighted by atomic mass is 16.4. The molecule has 0 bridgehead atoms. The summed E-state index contributed by atoms with van der Waals surface area (Å²) in [7, 11) is 1.89. The zero-order chi connectivity index (χ0) is 13.1. The Morgan fingerprint density at radius 3 is 3.00 bits per heavy atom. The first-order chi connectivity index (χ1) is 8.56. The number of aliphatic carboxylic acids is 1. The molecule has 18 heavy (non-hydrogen) atoms. The Bertz CT molecular complexity index is 546. The predicted molar refractivity (Wildman–Crippen MR) is 61.6 cm³/mol. The molecule has 2 aromatic heterocycles. The van der Waals surface area contributed by atoms with Crippen molar-refractivity contribution in [3.63, 3.8) is 0 Å². The van der Waals surface area contributed by atoms with Gasteiger partial charge in [0, 0.05) is 32.1 Å². The lowest BCUT2D eigenvalue weighted by Crippen LogP contribution is -2.32. The van der Waals surface area contributed by atoms with Crippen LogP contribution in [0, 0.1) is 0 Å². The second-order valence-electron chi connectivity index (χ2n) is 4.01. The highest BCUT2D eigenvalue weighted by molar-refractivity contribution is 5.73. The molecule has 8 heteroatoms. The summed E-state index contributed by atoms with van der Waals surface area (Å²) >= 11 is 0. The van der Waals surface area contributed by atoms with Crippen molar-refractivity contribution in [1.29, 1.82) is 0 Å². The monoisotopic (exact) mass is 250 g/mol. The van der Waals surface area contributed by atoms with Crippen LogP contribution < -0.4 is 5.73 Å². The third-order valence-electron chi connectivity index (χ3n) is 2.56. The Morgan fingerprint density at radius 2 is 2.39 bits per heavy atom. The van der Waals surface area contributed by atoms with Crippen LogP contribution in [-0.2, 0) is 24.8 Å². The number of aromatic nitrogens is 5. The molecule has 0 spiro atoms. The standard InChI is InChI=1S/C10H14N6O2/c1-15-3-2-12-9(15)6-16-5-7(13-14-16)4-8(11)10(17)18/h2-3,5,8H,4,6,11H2,1H3,(H,17,18). The van der Waals surface area contributed by atoms with Gasteiger partial charge in [-0.25, -0.2) is 9.67 Å². The van der Waals surface area contributed by atoms with E-state index in [2.05, 4.69) is 15.3 Å². The van der Waals surface area contributed by atoms with Gasteiger partial charge in [0.15, 0.2) is 0 Å². The van der Waals surface area contributed by atoms with Crippen molar-refractivity contribution in [2.75, 3.05) is 0 Å². The van der Waals surface area contributed by atoms with Crippen LogP contribution in [0.2, 0.25) is 0 Å². The van der Waals surface area contributed by atoms with E-state index in [1.807, 2.05) is 17.8 Å². The molecule has 0 aliphatic carbocycles. The van der Waals surface area contributed by atoms with Crippen molar-refractivity contribution in [2.45, 2.75) is 19.0 Å². The fraction of sp³-hybridized carbons (Fsp3) is 0.400. The number of nitrogens with zero attached hydrogens (tertiary/aromatic N) is 5. The lowest BCUT2D eigenvalue weighted by atomic mass is 10.2. The van der Waals surface area contributed by atoms with Crippen LogP contribution in [0.25, 0.3) is 0 Å². The second kappa shape index (κ2) is 4.96. The summed E-state index contributed by atoms with van der Waals surface area (Å²) < 4.78 is 3.48. The number of hydrogen-bond donors (Lipinski definition) is 2. The van der Waals surface area contributed by atoms with Crippen molar-refractivity contribution in [2.24, 2.45) is 12.8 Å². The zero-order valence-corrected chi connectivity index (χ0v) is 9.89. The minimum Gasteiger partial charge on any atom is -0.480 e. The van der Waals surface area contributed by atoms with E-state index in [4.69, 9.17) is 10.8 Å². The SMILES string of the molecule is Cn1ccnc1Cn1cc(CC(N)C(=O)O)nn1. The Balaban J connectivity index is 2.02. The second-order valence-corrected chi connectivity index (χ2v) is 4.01. The number of aryl methyl sites for hydroxylation is 1. The van der Waals surface area contributed by atoms with Gasteiger partial charge in [-0.15, -0.1) is 5.10 Å². The van der Waals surface area contributed by atoms with Gasteiger partial charge in [0.1, 0.15) is 18.4 Å². The summed E-state index contributed by atoms with van der Waals surface area (Å²) in [6.45, 7) is 0.485. The molecule has 96 valence electrons. The summed E-state index contributed by atoms with van der Waals surface area (Å²) in [6.07, 6.45) is 5.38. The summed E-state index contributed by atoms with van der Waals surface area (Å²) in [5.74, 6) is -0.206. The van der Waals surface area contributed by atoms with Gasteiger partial charge in [-0.1, -0.05) is 5.21 Å². The van der Waals surface area contributed by atoms with Gasteiger partial charge < -0.3 is 15.4 Å². The maximum absolute atomic E-state index is 10.6. The molecule has 0 aliphatic rings. The van der Waals surface area contributed by atoms with E-state index in [0.717, 1.165) is 5.82 Å². The van der Waals surface area contributed by atoms with Gasteiger partial charge in [0.25, 0.3) is 0 Å². The largest absolute Gasteiger partial charge is 0.480 e. The van der Waals surface area contributed by atoms with Crippen molar-refractivity contribution >= 4 is 5.97 Å². The van der Waals surface area contributed by atoms with Gasteiger partial charge >= 0.3 is 5.97 Å². The molecule has 2 aromatic rings. The first-order valence-corrected chi connectivity index (χ1v) is 5.40. The number of hydrogen-bond acceptors (Lipinski definition) is 5. The van der Waals surface area contributed by atoms with Crippen molar-refractivity contribution in [1.82, 2.24) is 24.5 Å². The first kappa shape index (κ1) is 12.2. The molecule has 0 saturated heterocycles. The van der Waals surface area contributed by atoms with Crippen LogP contribution in [0.3, 0.4) is 0 Å². The first-order valence-electron chi connectivity index (χ1n) is 5.40. The van der Waals surface area contributed by atoms with E-state index < -0.39 is 12.0 Å². The van der Waals surface area contributed by atoms with Gasteiger partial charge in [-0.3, -0.25) is 4.79 Å². The molecule has 1 atom stereocenters. The Morgan fingerprint density at radius 1 is 1.61 bits per heavy atom. The van der Waals surface area contributed by atoms with Gasteiger partial charge in [0.2, 0.25) is 0 Å². The van der Waals surface area contributed by atoms with E-state index in [9.17, 15) is 4.79 Å². The topological polar surface area (TPSA) is 112 Å². The molecular weight excluding hydrogens is 236 g/mol. The molecule has 3 N–H and O–H groups in total. The molecule has 0 saturated carbocycles. The zero-order valence-electron chi connectivity index (χ0n) is 9.89. The molecule has 8 nitrogen and oxygen atoms in total. The smallest absolute Gasteiger partial charge is 0.320 e. The Hall–Kier alpha value is -2.22.